The van der Waals surface area contributed by atoms with Gasteiger partial charge in [-0.2, -0.15) is 0 Å². The highest BCUT2D eigenvalue weighted by atomic mass is 16.2. The van der Waals surface area contributed by atoms with E-state index in [1.807, 2.05) is 12.3 Å². The van der Waals surface area contributed by atoms with E-state index in [4.69, 9.17) is 0 Å². The molecule has 0 atom stereocenters. The number of nitrogens with zero attached hydrogens (tertiary/aromatic N) is 1. The molecule has 0 saturated heterocycles. The van der Waals surface area contributed by atoms with Gasteiger partial charge >= 0.3 is 0 Å². The fourth-order valence-electron chi connectivity index (χ4n) is 1.11. The second-order valence-electron chi connectivity index (χ2n) is 3.68. The first-order valence-electron chi connectivity index (χ1n) is 4.70. The van der Waals surface area contributed by atoms with Gasteiger partial charge in [0.25, 0.3) is 0 Å². The first kappa shape index (κ1) is 10.6. The van der Waals surface area contributed by atoms with Crippen molar-refractivity contribution in [3.8, 4) is 0 Å². The predicted molar refractivity (Wildman–Crippen MR) is 55.7 cm³/mol. The normalized spacial score (nSPS) is 15.2. The Balaban J connectivity index is 2.81. The summed E-state index contributed by atoms with van der Waals surface area (Å²) in [7, 11) is 1.74. The summed E-state index contributed by atoms with van der Waals surface area (Å²) in [5, 5.41) is 0. The van der Waals surface area contributed by atoms with Gasteiger partial charge in [-0.1, -0.05) is 13.8 Å². The van der Waals surface area contributed by atoms with E-state index >= 15 is 0 Å². The van der Waals surface area contributed by atoms with Crippen molar-refractivity contribution in [2.24, 2.45) is 5.92 Å². The van der Waals surface area contributed by atoms with E-state index in [1.54, 1.807) is 11.9 Å². The summed E-state index contributed by atoms with van der Waals surface area (Å²) >= 11 is 0. The Morgan fingerprint density at radius 1 is 1.50 bits per heavy atom. The average Bonchev–Trinajstić information content (AvgIpc) is 2.16. The van der Waals surface area contributed by atoms with Crippen LogP contribution in [0.2, 0.25) is 0 Å². The third-order valence-corrected chi connectivity index (χ3v) is 2.24. The van der Waals surface area contributed by atoms with Crippen LogP contribution in [-0.4, -0.2) is 17.9 Å². The van der Waals surface area contributed by atoms with Gasteiger partial charge in [0.15, 0.2) is 0 Å². The Morgan fingerprint density at radius 3 is 2.64 bits per heavy atom. The van der Waals surface area contributed by atoms with E-state index in [1.165, 1.54) is 12.5 Å². The Morgan fingerprint density at radius 2 is 2.14 bits per heavy atom. The van der Waals surface area contributed by atoms with Crippen molar-refractivity contribution in [3.05, 3.63) is 23.7 Å². The lowest BCUT2D eigenvalue weighted by molar-refractivity contribution is -0.126. The van der Waals surface area contributed by atoms with Crippen LogP contribution < -0.4 is 10.9 Å². The van der Waals surface area contributed by atoms with E-state index < -0.39 is 0 Å². The summed E-state index contributed by atoms with van der Waals surface area (Å²) in [6, 6.07) is 0. The Bertz CT molecular complexity index is 292. The number of rotatable bonds is 2. The number of carbonyl (C=O) groups excluding carboxylic acids is 1. The molecule has 2 N–H and O–H groups in total. The van der Waals surface area contributed by atoms with Crippen LogP contribution in [-0.2, 0) is 4.79 Å². The standard InChI is InChI=1S/C10H17N3O/c1-7(2)9-5-10(12-11-6-9)13(4)8(3)14/h5-7,11-12H,1-4H3. The number of hydrogen-bond donors (Lipinski definition) is 2. The molecule has 0 spiro atoms. The summed E-state index contributed by atoms with van der Waals surface area (Å²) in [5.41, 5.74) is 7.03. The molecular formula is C10H17N3O. The molecule has 0 saturated carbocycles. The minimum atomic E-state index is 0.00977. The van der Waals surface area contributed by atoms with Gasteiger partial charge in [0, 0.05) is 20.2 Å². The second-order valence-corrected chi connectivity index (χ2v) is 3.68. The van der Waals surface area contributed by atoms with E-state index in [2.05, 4.69) is 24.7 Å². The van der Waals surface area contributed by atoms with Crippen molar-refractivity contribution >= 4 is 5.91 Å². The van der Waals surface area contributed by atoms with Gasteiger partial charge in [-0.05, 0) is 17.6 Å². The quantitative estimate of drug-likeness (QED) is 0.689. The van der Waals surface area contributed by atoms with Gasteiger partial charge in [-0.3, -0.25) is 10.2 Å². The van der Waals surface area contributed by atoms with Crippen LogP contribution in [0.3, 0.4) is 0 Å². The van der Waals surface area contributed by atoms with E-state index in [0.29, 0.717) is 5.92 Å². The average molecular weight is 195 g/mol. The maximum atomic E-state index is 11.1. The van der Waals surface area contributed by atoms with Crippen molar-refractivity contribution in [3.63, 3.8) is 0 Å². The maximum absolute atomic E-state index is 11.1. The zero-order chi connectivity index (χ0) is 10.7. The van der Waals surface area contributed by atoms with Gasteiger partial charge in [0.2, 0.25) is 5.91 Å². The lowest BCUT2D eigenvalue weighted by Crippen LogP contribution is -2.39. The van der Waals surface area contributed by atoms with Crippen molar-refractivity contribution in [1.29, 1.82) is 0 Å². The van der Waals surface area contributed by atoms with Crippen LogP contribution in [0.4, 0.5) is 0 Å². The zero-order valence-corrected chi connectivity index (χ0v) is 9.09. The number of allylic oxidation sites excluding steroid dienone is 2. The Kier molecular flexibility index (Phi) is 3.17. The van der Waals surface area contributed by atoms with Crippen LogP contribution >= 0.6 is 0 Å². The molecule has 0 unspecified atom stereocenters. The van der Waals surface area contributed by atoms with Gasteiger partial charge in [-0.15, -0.1) is 0 Å². The fraction of sp³-hybridized carbons (Fsp3) is 0.500. The van der Waals surface area contributed by atoms with Crippen molar-refractivity contribution in [2.45, 2.75) is 20.8 Å². The number of hydrazine groups is 1. The first-order chi connectivity index (χ1) is 6.52. The fourth-order valence-corrected chi connectivity index (χ4v) is 1.11. The topological polar surface area (TPSA) is 44.4 Å². The van der Waals surface area contributed by atoms with Crippen LogP contribution in [0, 0.1) is 5.92 Å². The molecule has 0 aromatic rings. The molecule has 0 bridgehead atoms. The highest BCUT2D eigenvalue weighted by Gasteiger charge is 2.13. The molecule has 1 aliphatic rings. The highest BCUT2D eigenvalue weighted by molar-refractivity contribution is 5.74. The number of hydrogen-bond acceptors (Lipinski definition) is 3. The molecule has 1 rings (SSSR count). The summed E-state index contributed by atoms with van der Waals surface area (Å²) in [4.78, 5) is 12.7. The molecule has 0 radical (unpaired) electrons. The zero-order valence-electron chi connectivity index (χ0n) is 9.09. The van der Waals surface area contributed by atoms with E-state index in [0.717, 1.165) is 5.82 Å². The van der Waals surface area contributed by atoms with Gasteiger partial charge in [0.05, 0.1) is 0 Å². The summed E-state index contributed by atoms with van der Waals surface area (Å²) < 4.78 is 0. The number of amides is 1. The lowest BCUT2D eigenvalue weighted by atomic mass is 10.0. The first-order valence-corrected chi connectivity index (χ1v) is 4.70. The van der Waals surface area contributed by atoms with Crippen molar-refractivity contribution in [2.75, 3.05) is 7.05 Å². The Labute approximate surface area is 84.6 Å². The van der Waals surface area contributed by atoms with Crippen LogP contribution in [0.25, 0.3) is 0 Å². The van der Waals surface area contributed by atoms with Crippen LogP contribution in [0.5, 0.6) is 0 Å². The van der Waals surface area contributed by atoms with Crippen molar-refractivity contribution in [1.82, 2.24) is 15.8 Å². The summed E-state index contributed by atoms with van der Waals surface area (Å²) in [6.07, 6.45) is 3.88. The number of carbonyl (C=O) groups is 1. The molecule has 14 heavy (non-hydrogen) atoms. The van der Waals surface area contributed by atoms with E-state index in [9.17, 15) is 4.79 Å². The number of nitrogens with one attached hydrogen (secondary N) is 2. The maximum Gasteiger partial charge on any atom is 0.224 e. The molecular weight excluding hydrogens is 178 g/mol. The molecule has 0 aromatic carbocycles. The van der Waals surface area contributed by atoms with Crippen LogP contribution in [0.1, 0.15) is 20.8 Å². The van der Waals surface area contributed by atoms with Gasteiger partial charge in [0.1, 0.15) is 5.82 Å². The lowest BCUT2D eigenvalue weighted by Gasteiger charge is -2.25. The third kappa shape index (κ3) is 2.28. The molecule has 78 valence electrons. The van der Waals surface area contributed by atoms with Gasteiger partial charge in [-0.25, -0.2) is 0 Å². The largest absolute Gasteiger partial charge is 0.307 e. The molecule has 4 heteroatoms. The second kappa shape index (κ2) is 4.17. The SMILES string of the molecule is CC(=O)N(C)C1=CC(C(C)C)=CNN1. The third-order valence-electron chi connectivity index (χ3n) is 2.24. The molecule has 1 amide bonds. The molecule has 1 aliphatic heterocycles. The Hall–Kier alpha value is -1.45. The van der Waals surface area contributed by atoms with E-state index in [-0.39, 0.29) is 5.91 Å². The molecule has 0 fully saturated rings. The monoisotopic (exact) mass is 195 g/mol. The molecule has 0 aromatic heterocycles. The minimum absolute atomic E-state index is 0.00977. The predicted octanol–water partition coefficient (Wildman–Crippen LogP) is 0.954. The van der Waals surface area contributed by atoms with Crippen LogP contribution in [0.15, 0.2) is 23.7 Å². The molecule has 1 heterocycles. The summed E-state index contributed by atoms with van der Waals surface area (Å²) in [6.45, 7) is 5.76. The van der Waals surface area contributed by atoms with Crippen molar-refractivity contribution < 1.29 is 4.79 Å². The van der Waals surface area contributed by atoms with Gasteiger partial charge < -0.3 is 10.3 Å². The highest BCUT2D eigenvalue weighted by Crippen LogP contribution is 2.15. The molecule has 0 aliphatic carbocycles. The smallest absolute Gasteiger partial charge is 0.224 e. The minimum Gasteiger partial charge on any atom is -0.307 e. The summed E-state index contributed by atoms with van der Waals surface area (Å²) in [5.74, 6) is 1.24. The molecule has 4 nitrogen and oxygen atoms in total.